The van der Waals surface area contributed by atoms with Gasteiger partial charge in [0.2, 0.25) is 5.78 Å². The molecule has 0 amide bonds. The number of carbonyl (C=O) groups excluding carboxylic acids is 3. The van der Waals surface area contributed by atoms with E-state index in [0.717, 1.165) is 0 Å². The van der Waals surface area contributed by atoms with Gasteiger partial charge >= 0.3 is 7.60 Å². The number of ketones is 3. The second-order valence-electron chi connectivity index (χ2n) is 12.2. The van der Waals surface area contributed by atoms with Crippen molar-refractivity contribution in [2.24, 2.45) is 0 Å². The Morgan fingerprint density at radius 2 is 1.75 bits per heavy atom. The Balaban J connectivity index is 1.49. The molecule has 5 N–H and O–H groups in total. The van der Waals surface area contributed by atoms with Crippen LogP contribution < -0.4 is 10.1 Å². The molecule has 0 radical (unpaired) electrons. The average Bonchev–Trinajstić information content (AvgIpc) is 3.03. The van der Waals surface area contributed by atoms with Crippen molar-refractivity contribution in [1.82, 2.24) is 5.32 Å². The molecule has 262 valence electrons. The first-order chi connectivity index (χ1) is 22.7. The van der Waals surface area contributed by atoms with Gasteiger partial charge in [-0.1, -0.05) is 12.1 Å². The Bertz CT molecular complexity index is 1650. The molecule has 0 bridgehead atoms. The normalized spacial score (nSPS) is 26.9. The quantitative estimate of drug-likeness (QED) is 0.137. The maximum atomic E-state index is 13.9. The van der Waals surface area contributed by atoms with Crippen molar-refractivity contribution in [3.8, 4) is 17.2 Å². The Labute approximate surface area is 277 Å². The number of carbonyl (C=O) groups is 3. The van der Waals surface area contributed by atoms with E-state index in [-0.39, 0.29) is 66.8 Å². The number of phenols is 2. The highest BCUT2D eigenvalue weighted by molar-refractivity contribution is 7.53. The Morgan fingerprint density at radius 1 is 1.08 bits per heavy atom. The van der Waals surface area contributed by atoms with Crippen LogP contribution in [0.15, 0.2) is 18.2 Å². The van der Waals surface area contributed by atoms with E-state index >= 15 is 0 Å². The van der Waals surface area contributed by atoms with E-state index in [4.69, 9.17) is 23.3 Å². The van der Waals surface area contributed by atoms with Crippen molar-refractivity contribution >= 4 is 24.9 Å². The fraction of sp³-hybridized carbons (Fsp3) is 0.545. The maximum absolute atomic E-state index is 13.9. The van der Waals surface area contributed by atoms with Crippen LogP contribution in [0.3, 0.4) is 0 Å². The zero-order valence-corrected chi connectivity index (χ0v) is 28.4. The molecule has 1 heterocycles. The summed E-state index contributed by atoms with van der Waals surface area (Å²) in [5.41, 5.74) is -3.26. The fourth-order valence-electron chi connectivity index (χ4n) is 6.77. The number of ether oxygens (including phenoxy) is 3. The molecule has 1 aliphatic heterocycles. The monoisotopic (exact) mass is 691 g/mol. The van der Waals surface area contributed by atoms with Gasteiger partial charge in [-0.15, -0.1) is 0 Å². The predicted octanol–water partition coefficient (Wildman–Crippen LogP) is 2.93. The molecule has 5 rings (SSSR count). The number of aliphatic hydroxyl groups excluding tert-OH is 1. The average molecular weight is 692 g/mol. The molecule has 3 aliphatic rings. The molecule has 0 spiro atoms. The van der Waals surface area contributed by atoms with Gasteiger partial charge in [-0.05, 0) is 33.8 Å². The van der Waals surface area contributed by atoms with Gasteiger partial charge in [0, 0.05) is 48.5 Å². The van der Waals surface area contributed by atoms with Gasteiger partial charge < -0.3 is 49.0 Å². The summed E-state index contributed by atoms with van der Waals surface area (Å²) in [6, 6.07) is 3.79. The number of fused-ring (bicyclic) bond motifs is 3. The molecule has 0 saturated carbocycles. The molecule has 14 nitrogen and oxygen atoms in total. The molecule has 0 unspecified atom stereocenters. The molecular formula is C33H42NO13P. The van der Waals surface area contributed by atoms with Crippen molar-refractivity contribution in [2.75, 3.05) is 33.0 Å². The second-order valence-corrected chi connectivity index (χ2v) is 14.4. The number of benzene rings is 2. The van der Waals surface area contributed by atoms with Crippen LogP contribution in [-0.2, 0) is 34.3 Å². The lowest BCUT2D eigenvalue weighted by Crippen LogP contribution is -2.55. The van der Waals surface area contributed by atoms with Crippen molar-refractivity contribution < 1.29 is 62.6 Å². The number of hydrogen-bond donors (Lipinski definition) is 5. The highest BCUT2D eigenvalue weighted by Gasteiger charge is 2.49. The number of aliphatic hydroxyl groups is 2. The van der Waals surface area contributed by atoms with Crippen LogP contribution in [0.1, 0.15) is 89.6 Å². The molecule has 2 aromatic carbocycles. The molecule has 2 aliphatic carbocycles. The number of phenolic OH excluding ortho intramolecular Hbond substituents is 2. The van der Waals surface area contributed by atoms with Crippen LogP contribution in [0.2, 0.25) is 0 Å². The molecule has 2 aromatic rings. The molecular weight excluding hydrogens is 649 g/mol. The summed E-state index contributed by atoms with van der Waals surface area (Å²) in [6.45, 7) is 6.77. The molecule has 1 fully saturated rings. The summed E-state index contributed by atoms with van der Waals surface area (Å²) >= 11 is 0. The number of Topliss-reactive ketones (excluding diaryl/α,β-unsaturated/α-hetero) is 1. The lowest BCUT2D eigenvalue weighted by atomic mass is 9.72. The topological polar surface area (TPSA) is 207 Å². The number of rotatable bonds is 12. The summed E-state index contributed by atoms with van der Waals surface area (Å²) in [4.78, 5) is 40.3. The van der Waals surface area contributed by atoms with Crippen molar-refractivity contribution in [2.45, 2.75) is 83.2 Å². The minimum Gasteiger partial charge on any atom is -0.507 e. The van der Waals surface area contributed by atoms with Gasteiger partial charge in [0.25, 0.3) is 0 Å². The summed E-state index contributed by atoms with van der Waals surface area (Å²) in [6.07, 6.45) is -4.89. The summed E-state index contributed by atoms with van der Waals surface area (Å²) < 4.78 is 41.2. The van der Waals surface area contributed by atoms with Gasteiger partial charge in [0.1, 0.15) is 22.8 Å². The van der Waals surface area contributed by atoms with Gasteiger partial charge in [0.15, 0.2) is 17.9 Å². The third-order valence-corrected chi connectivity index (χ3v) is 11.3. The summed E-state index contributed by atoms with van der Waals surface area (Å²) in [7, 11) is -2.03. The first-order valence-electron chi connectivity index (χ1n) is 15.9. The van der Waals surface area contributed by atoms with Gasteiger partial charge in [0.05, 0.1) is 61.5 Å². The van der Waals surface area contributed by atoms with Crippen LogP contribution >= 0.6 is 7.60 Å². The van der Waals surface area contributed by atoms with E-state index in [1.165, 1.54) is 32.2 Å². The molecule has 15 heteroatoms. The van der Waals surface area contributed by atoms with E-state index in [0.29, 0.717) is 0 Å². The minimum absolute atomic E-state index is 0.0347. The standard InChI is InChI=1S/C33H42NO13P/c1-6-44-48(42,45-7-2)12-11-34-20-13-23(46-16(3)28(20)36)47-22-15-33(41,17(4)35)14-19-25(22)32(40)27-26(30(19)38)29(37)18-9-8-10-21(43-5)24(18)31(27)39/h8-10,16,20,22-23,28,34,36,38,40-41H,6-7,11-15H2,1-5H3/t16-,20-,22-,23-,28+,33-/m0/s1. The van der Waals surface area contributed by atoms with Crippen LogP contribution in [-0.4, -0.2) is 101 Å². The molecule has 48 heavy (non-hydrogen) atoms. The third kappa shape index (κ3) is 6.44. The smallest absolute Gasteiger partial charge is 0.331 e. The molecule has 1 saturated heterocycles. The SMILES string of the molecule is CCOP(=O)(CCN[C@H]1C[C@H](O[C@H]2C[C@](O)(C(C)=O)Cc3c(O)c4c(c(O)c32)C(=O)c2c(OC)cccc2C4=O)O[C@@H](C)[C@H]1O)OCC. The lowest BCUT2D eigenvalue weighted by molar-refractivity contribution is -0.249. The van der Waals surface area contributed by atoms with Crippen LogP contribution in [0.25, 0.3) is 0 Å². The highest BCUT2D eigenvalue weighted by atomic mass is 31.2. The first kappa shape index (κ1) is 36.1. The number of aromatic hydroxyl groups is 2. The summed E-state index contributed by atoms with van der Waals surface area (Å²) in [5.74, 6) is -3.33. The van der Waals surface area contributed by atoms with E-state index in [1.807, 2.05) is 0 Å². The van der Waals surface area contributed by atoms with E-state index < -0.39 is 90.2 Å². The predicted molar refractivity (Wildman–Crippen MR) is 170 cm³/mol. The van der Waals surface area contributed by atoms with E-state index in [1.54, 1.807) is 20.8 Å². The first-order valence-corrected chi connectivity index (χ1v) is 17.6. The molecule has 0 aromatic heterocycles. The van der Waals surface area contributed by atoms with Crippen LogP contribution in [0.4, 0.5) is 0 Å². The van der Waals surface area contributed by atoms with Gasteiger partial charge in [-0.25, -0.2) is 0 Å². The number of hydrogen-bond acceptors (Lipinski definition) is 14. The van der Waals surface area contributed by atoms with Crippen LogP contribution in [0, 0.1) is 0 Å². The van der Waals surface area contributed by atoms with Gasteiger partial charge in [-0.2, -0.15) is 0 Å². The summed E-state index contributed by atoms with van der Waals surface area (Å²) in [5, 5.41) is 48.7. The van der Waals surface area contributed by atoms with Crippen molar-refractivity contribution in [1.29, 1.82) is 0 Å². The largest absolute Gasteiger partial charge is 0.507 e. The Kier molecular flexibility index (Phi) is 10.5. The Morgan fingerprint density at radius 3 is 2.38 bits per heavy atom. The van der Waals surface area contributed by atoms with E-state index in [9.17, 15) is 39.4 Å². The Hall–Kier alpha value is -3.20. The van der Waals surface area contributed by atoms with Crippen LogP contribution in [0.5, 0.6) is 17.2 Å². The van der Waals surface area contributed by atoms with Gasteiger partial charge in [-0.3, -0.25) is 18.9 Å². The number of methoxy groups -OCH3 is 1. The van der Waals surface area contributed by atoms with Crippen molar-refractivity contribution in [3.05, 3.63) is 51.6 Å². The molecule has 6 atom stereocenters. The minimum atomic E-state index is -3.36. The fourth-order valence-corrected chi connectivity index (χ4v) is 8.30. The van der Waals surface area contributed by atoms with Crippen molar-refractivity contribution in [3.63, 3.8) is 0 Å². The second kappa shape index (κ2) is 14.0. The maximum Gasteiger partial charge on any atom is 0.331 e. The highest BCUT2D eigenvalue weighted by Crippen LogP contribution is 2.53. The number of nitrogens with one attached hydrogen (secondary N) is 1. The zero-order chi connectivity index (χ0) is 35.1. The lowest BCUT2D eigenvalue weighted by Gasteiger charge is -2.43. The third-order valence-electron chi connectivity index (χ3n) is 9.20. The van der Waals surface area contributed by atoms with E-state index in [2.05, 4.69) is 5.32 Å². The zero-order valence-electron chi connectivity index (χ0n) is 27.5.